The summed E-state index contributed by atoms with van der Waals surface area (Å²) in [5.74, 6) is -0.379. The summed E-state index contributed by atoms with van der Waals surface area (Å²) in [5.41, 5.74) is 7.33. The van der Waals surface area contributed by atoms with Gasteiger partial charge in [-0.2, -0.15) is 0 Å². The van der Waals surface area contributed by atoms with Gasteiger partial charge in [0.25, 0.3) is 0 Å². The lowest BCUT2D eigenvalue weighted by molar-refractivity contribution is -0.146. The lowest BCUT2D eigenvalue weighted by atomic mass is 9.75. The Kier molecular flexibility index (Phi) is 2.89. The smallest absolute Gasteiger partial charge is 0.313 e. The number of primary amides is 1. The first-order valence-electron chi connectivity index (χ1n) is 6.74. The second-order valence-corrected chi connectivity index (χ2v) is 5.82. The van der Waals surface area contributed by atoms with Crippen molar-refractivity contribution < 1.29 is 14.3 Å². The van der Waals surface area contributed by atoms with Gasteiger partial charge in [-0.3, -0.25) is 9.59 Å². The van der Waals surface area contributed by atoms with Gasteiger partial charge in [-0.05, 0) is 37.0 Å². The molecule has 2 fully saturated rings. The van der Waals surface area contributed by atoms with Gasteiger partial charge in [0.2, 0.25) is 5.91 Å². The monoisotopic (exact) mass is 271 g/mol. The van der Waals surface area contributed by atoms with Crippen LogP contribution in [-0.2, 0) is 16.0 Å². The number of benzene rings is 1. The van der Waals surface area contributed by atoms with E-state index in [1.165, 1.54) is 0 Å². The molecule has 1 amide bonds. The van der Waals surface area contributed by atoms with E-state index in [0.29, 0.717) is 25.0 Å². The Labute approximate surface area is 117 Å². The third-order valence-corrected chi connectivity index (χ3v) is 4.44. The molecule has 1 heterocycles. The van der Waals surface area contributed by atoms with Crippen molar-refractivity contribution in [2.75, 3.05) is 6.61 Å². The minimum atomic E-state index is -0.493. The van der Waals surface area contributed by atoms with Crippen LogP contribution in [0.1, 0.15) is 28.8 Å². The van der Waals surface area contributed by atoms with E-state index in [1.54, 1.807) is 18.2 Å². The van der Waals surface area contributed by atoms with Crippen molar-refractivity contribution in [1.82, 2.24) is 0 Å². The van der Waals surface area contributed by atoms with E-state index in [2.05, 4.69) is 6.58 Å². The highest BCUT2D eigenvalue weighted by Crippen LogP contribution is 2.52. The van der Waals surface area contributed by atoms with Crippen LogP contribution >= 0.6 is 0 Å². The molecule has 2 unspecified atom stereocenters. The van der Waals surface area contributed by atoms with E-state index in [1.807, 2.05) is 6.07 Å². The minimum absolute atomic E-state index is 0.134. The molecule has 1 saturated heterocycles. The summed E-state index contributed by atoms with van der Waals surface area (Å²) >= 11 is 0. The largest absolute Gasteiger partial charge is 0.465 e. The Bertz CT molecular complexity index is 607. The summed E-state index contributed by atoms with van der Waals surface area (Å²) in [6.45, 7) is 4.50. The zero-order chi connectivity index (χ0) is 14.3. The number of hydrogen-bond donors (Lipinski definition) is 1. The molecule has 0 bridgehead atoms. The summed E-state index contributed by atoms with van der Waals surface area (Å²) in [4.78, 5) is 23.4. The molecule has 2 aliphatic rings. The number of cyclic esters (lactones) is 1. The maximum Gasteiger partial charge on any atom is 0.313 e. The van der Waals surface area contributed by atoms with Gasteiger partial charge >= 0.3 is 5.97 Å². The van der Waals surface area contributed by atoms with Crippen LogP contribution < -0.4 is 5.73 Å². The predicted octanol–water partition coefficient (Wildman–Crippen LogP) is 1.84. The Morgan fingerprint density at radius 2 is 2.30 bits per heavy atom. The van der Waals surface area contributed by atoms with Crippen LogP contribution in [0.2, 0.25) is 0 Å². The normalized spacial score (nSPS) is 28.3. The molecule has 4 heteroatoms. The lowest BCUT2D eigenvalue weighted by Gasteiger charge is -2.24. The van der Waals surface area contributed by atoms with Gasteiger partial charge in [0, 0.05) is 11.5 Å². The molecule has 4 nitrogen and oxygen atoms in total. The average molecular weight is 271 g/mol. The first kappa shape index (κ1) is 12.9. The number of esters is 1. The van der Waals surface area contributed by atoms with Crippen molar-refractivity contribution in [3.8, 4) is 0 Å². The van der Waals surface area contributed by atoms with E-state index < -0.39 is 11.3 Å². The van der Waals surface area contributed by atoms with Crippen LogP contribution in [0.3, 0.4) is 0 Å². The summed E-state index contributed by atoms with van der Waals surface area (Å²) < 4.78 is 5.25. The maximum absolute atomic E-state index is 12.2. The van der Waals surface area contributed by atoms with Crippen molar-refractivity contribution in [2.24, 2.45) is 17.1 Å². The highest BCUT2D eigenvalue weighted by atomic mass is 16.5. The van der Waals surface area contributed by atoms with Crippen molar-refractivity contribution >= 4 is 11.9 Å². The Morgan fingerprint density at radius 3 is 3.05 bits per heavy atom. The standard InChI is InChI=1S/C16H17NO3/c1-10-5-13-9-20-15(19)16(13,7-10)8-11-3-2-4-12(6-11)14(17)18/h2-4,6,13H,1,5,7-9H2,(H2,17,18). The molecule has 2 atom stereocenters. The molecule has 1 aromatic rings. The molecule has 0 spiro atoms. The molecule has 1 saturated carbocycles. The number of hydrogen-bond acceptors (Lipinski definition) is 3. The van der Waals surface area contributed by atoms with Gasteiger partial charge in [0.05, 0.1) is 12.0 Å². The topological polar surface area (TPSA) is 69.4 Å². The lowest BCUT2D eigenvalue weighted by Crippen LogP contribution is -2.31. The first-order valence-corrected chi connectivity index (χ1v) is 6.74. The molecule has 1 aliphatic carbocycles. The van der Waals surface area contributed by atoms with Gasteiger partial charge < -0.3 is 10.5 Å². The SMILES string of the molecule is C=C1CC2COC(=O)C2(Cc2cccc(C(N)=O)c2)C1. The third-order valence-electron chi connectivity index (χ3n) is 4.44. The maximum atomic E-state index is 12.2. The van der Waals surface area contributed by atoms with E-state index in [9.17, 15) is 9.59 Å². The molecular weight excluding hydrogens is 254 g/mol. The van der Waals surface area contributed by atoms with Crippen molar-refractivity contribution in [3.63, 3.8) is 0 Å². The number of ether oxygens (including phenoxy) is 1. The number of amides is 1. The number of allylic oxidation sites excluding steroid dienone is 1. The van der Waals surface area contributed by atoms with Crippen molar-refractivity contribution in [1.29, 1.82) is 0 Å². The Hall–Kier alpha value is -2.10. The molecule has 1 aliphatic heterocycles. The van der Waals surface area contributed by atoms with E-state index >= 15 is 0 Å². The van der Waals surface area contributed by atoms with Gasteiger partial charge in [-0.15, -0.1) is 0 Å². The zero-order valence-electron chi connectivity index (χ0n) is 11.2. The average Bonchev–Trinajstić information content (AvgIpc) is 2.86. The fraction of sp³-hybridized carbons (Fsp3) is 0.375. The van der Waals surface area contributed by atoms with Gasteiger partial charge in [-0.25, -0.2) is 0 Å². The molecule has 1 aromatic carbocycles. The van der Waals surface area contributed by atoms with Crippen LogP contribution in [0.25, 0.3) is 0 Å². The fourth-order valence-electron chi connectivity index (χ4n) is 3.46. The van der Waals surface area contributed by atoms with Crippen LogP contribution in [0.4, 0.5) is 0 Å². The minimum Gasteiger partial charge on any atom is -0.465 e. The number of carbonyl (C=O) groups excluding carboxylic acids is 2. The summed E-state index contributed by atoms with van der Waals surface area (Å²) in [5, 5.41) is 0. The molecule has 104 valence electrons. The molecule has 20 heavy (non-hydrogen) atoms. The van der Waals surface area contributed by atoms with Gasteiger partial charge in [-0.1, -0.05) is 24.3 Å². The molecule has 3 rings (SSSR count). The molecule has 0 aromatic heterocycles. The number of rotatable bonds is 3. The second kappa shape index (κ2) is 4.47. The van der Waals surface area contributed by atoms with Crippen molar-refractivity contribution in [3.05, 3.63) is 47.5 Å². The van der Waals surface area contributed by atoms with Crippen LogP contribution in [0.5, 0.6) is 0 Å². The molecule has 0 radical (unpaired) electrons. The highest BCUT2D eigenvalue weighted by Gasteiger charge is 2.55. The van der Waals surface area contributed by atoms with Gasteiger partial charge in [0.15, 0.2) is 0 Å². The Balaban J connectivity index is 1.93. The highest BCUT2D eigenvalue weighted by molar-refractivity contribution is 5.93. The second-order valence-electron chi connectivity index (χ2n) is 5.82. The predicted molar refractivity (Wildman–Crippen MR) is 73.9 cm³/mol. The molecular formula is C16H17NO3. The number of carbonyl (C=O) groups is 2. The van der Waals surface area contributed by atoms with Crippen LogP contribution in [0.15, 0.2) is 36.4 Å². The van der Waals surface area contributed by atoms with Gasteiger partial charge in [0.1, 0.15) is 0 Å². The summed E-state index contributed by atoms with van der Waals surface area (Å²) in [6.07, 6.45) is 2.11. The quantitative estimate of drug-likeness (QED) is 0.673. The number of fused-ring (bicyclic) bond motifs is 1. The fourth-order valence-corrected chi connectivity index (χ4v) is 3.46. The van der Waals surface area contributed by atoms with Crippen molar-refractivity contribution in [2.45, 2.75) is 19.3 Å². The van der Waals surface area contributed by atoms with E-state index in [4.69, 9.17) is 10.5 Å². The first-order chi connectivity index (χ1) is 9.51. The van der Waals surface area contributed by atoms with Crippen LogP contribution in [0, 0.1) is 11.3 Å². The molecule has 2 N–H and O–H groups in total. The van der Waals surface area contributed by atoms with E-state index in [0.717, 1.165) is 17.6 Å². The van der Waals surface area contributed by atoms with E-state index in [-0.39, 0.29) is 11.9 Å². The zero-order valence-corrected chi connectivity index (χ0v) is 11.2. The summed E-state index contributed by atoms with van der Waals surface area (Å²) in [7, 11) is 0. The third kappa shape index (κ3) is 1.92. The summed E-state index contributed by atoms with van der Waals surface area (Å²) in [6, 6.07) is 7.17. The van der Waals surface area contributed by atoms with Crippen LogP contribution in [-0.4, -0.2) is 18.5 Å². The Morgan fingerprint density at radius 1 is 1.50 bits per heavy atom. The number of nitrogens with two attached hydrogens (primary N) is 1.